The number of hydrogen-bond donors (Lipinski definition) is 0. The van der Waals surface area contributed by atoms with E-state index in [1.807, 2.05) is 0 Å². The molecule has 2 amide bonds. The number of benzene rings is 1. The average Bonchev–Trinajstić information content (AvgIpc) is 2.80. The molecule has 3 aliphatic rings. The summed E-state index contributed by atoms with van der Waals surface area (Å²) in [7, 11) is 1.70. The fraction of sp³-hybridized carbons (Fsp3) is 0.500. The summed E-state index contributed by atoms with van der Waals surface area (Å²) in [6.07, 6.45) is -3.07. The van der Waals surface area contributed by atoms with Crippen LogP contribution in [0.4, 0.5) is 13.2 Å². The number of carbonyl (C=O) groups is 2. The van der Waals surface area contributed by atoms with Gasteiger partial charge in [0.25, 0.3) is 5.91 Å². The lowest BCUT2D eigenvalue weighted by Gasteiger charge is -2.32. The third-order valence-corrected chi connectivity index (χ3v) is 5.11. The number of rotatable bonds is 1. The molecule has 3 saturated heterocycles. The Morgan fingerprint density at radius 2 is 1.96 bits per heavy atom. The van der Waals surface area contributed by atoms with Crippen molar-refractivity contribution in [3.8, 4) is 0 Å². The molecule has 3 aliphatic heterocycles. The third-order valence-electron chi connectivity index (χ3n) is 4.78. The van der Waals surface area contributed by atoms with E-state index in [9.17, 15) is 22.8 Å². The molecule has 4 rings (SSSR count). The van der Waals surface area contributed by atoms with Gasteiger partial charge in [0, 0.05) is 26.2 Å². The number of alkyl halides is 3. The van der Waals surface area contributed by atoms with Crippen LogP contribution in [-0.4, -0.2) is 47.8 Å². The standard InChI is InChI=1S/C16H16ClF3N2O2/c1-21-11-4-2-9(14(21)23)7-22(8-11)15(24)12-6-10(16(18,19)20)3-5-13(12)17/h3,5-6,9,11H,2,4,7-8H2,1H3/t9-,11+/m1/s1. The van der Waals surface area contributed by atoms with Crippen LogP contribution in [0.5, 0.6) is 0 Å². The van der Waals surface area contributed by atoms with Crippen molar-refractivity contribution in [1.29, 1.82) is 0 Å². The zero-order chi connectivity index (χ0) is 17.6. The molecule has 2 atom stereocenters. The SMILES string of the molecule is CN1C(=O)[C@@H]2CC[C@H]1CN(C(=O)c1cc(C(F)(F)F)ccc1Cl)C2. The van der Waals surface area contributed by atoms with Gasteiger partial charge < -0.3 is 9.80 Å². The maximum atomic E-state index is 12.9. The summed E-state index contributed by atoms with van der Waals surface area (Å²) in [6, 6.07) is 2.61. The molecular formula is C16H16ClF3N2O2. The maximum absolute atomic E-state index is 12.9. The normalized spacial score (nSPS) is 24.3. The fourth-order valence-corrected chi connectivity index (χ4v) is 3.56. The summed E-state index contributed by atoms with van der Waals surface area (Å²) in [6.45, 7) is 0.523. The zero-order valence-corrected chi connectivity index (χ0v) is 13.7. The Morgan fingerprint density at radius 3 is 2.62 bits per heavy atom. The van der Waals surface area contributed by atoms with Crippen LogP contribution in [0.25, 0.3) is 0 Å². The third kappa shape index (κ3) is 2.97. The molecule has 4 nitrogen and oxygen atoms in total. The molecule has 0 N–H and O–H groups in total. The number of piperidine rings is 1. The number of likely N-dealkylation sites (N-methyl/N-ethyl adjacent to an activating group) is 1. The van der Waals surface area contributed by atoms with Gasteiger partial charge in [0.15, 0.2) is 0 Å². The molecule has 1 aromatic carbocycles. The van der Waals surface area contributed by atoms with Gasteiger partial charge in [-0.15, -0.1) is 0 Å². The van der Waals surface area contributed by atoms with E-state index in [0.29, 0.717) is 13.0 Å². The summed E-state index contributed by atoms with van der Waals surface area (Å²) < 4.78 is 38.7. The summed E-state index contributed by atoms with van der Waals surface area (Å²) in [5.74, 6) is -0.884. The van der Waals surface area contributed by atoms with Crippen molar-refractivity contribution in [2.75, 3.05) is 20.1 Å². The summed E-state index contributed by atoms with van der Waals surface area (Å²) >= 11 is 5.95. The lowest BCUT2D eigenvalue weighted by molar-refractivity contribution is -0.138. The van der Waals surface area contributed by atoms with Gasteiger partial charge in [-0.25, -0.2) is 0 Å². The van der Waals surface area contributed by atoms with Crippen molar-refractivity contribution in [3.05, 3.63) is 34.3 Å². The van der Waals surface area contributed by atoms with Crippen LogP contribution in [0.1, 0.15) is 28.8 Å². The predicted molar refractivity (Wildman–Crippen MR) is 81.6 cm³/mol. The van der Waals surface area contributed by atoms with Gasteiger partial charge in [-0.2, -0.15) is 13.2 Å². The van der Waals surface area contributed by atoms with E-state index in [-0.39, 0.29) is 35.0 Å². The van der Waals surface area contributed by atoms with Crippen molar-refractivity contribution >= 4 is 23.4 Å². The van der Waals surface area contributed by atoms with Crippen LogP contribution in [0.15, 0.2) is 18.2 Å². The molecule has 130 valence electrons. The molecule has 0 saturated carbocycles. The minimum atomic E-state index is -4.55. The highest BCUT2D eigenvalue weighted by atomic mass is 35.5. The first-order chi connectivity index (χ1) is 11.2. The van der Waals surface area contributed by atoms with E-state index >= 15 is 0 Å². The molecule has 0 aromatic heterocycles. The monoisotopic (exact) mass is 360 g/mol. The van der Waals surface area contributed by atoms with Crippen molar-refractivity contribution in [1.82, 2.24) is 9.80 Å². The van der Waals surface area contributed by atoms with Gasteiger partial charge in [-0.3, -0.25) is 9.59 Å². The van der Waals surface area contributed by atoms with Gasteiger partial charge in [-0.05, 0) is 31.0 Å². The first kappa shape index (κ1) is 17.1. The Balaban J connectivity index is 1.91. The number of hydrogen-bond acceptors (Lipinski definition) is 2. The van der Waals surface area contributed by atoms with Crippen molar-refractivity contribution in [3.63, 3.8) is 0 Å². The van der Waals surface area contributed by atoms with Crippen molar-refractivity contribution in [2.45, 2.75) is 25.1 Å². The first-order valence-corrected chi connectivity index (χ1v) is 7.99. The molecule has 3 heterocycles. The second-order valence-corrected chi connectivity index (χ2v) is 6.69. The van der Waals surface area contributed by atoms with Crippen LogP contribution in [0.3, 0.4) is 0 Å². The van der Waals surface area contributed by atoms with Crippen molar-refractivity contribution in [2.24, 2.45) is 5.92 Å². The summed E-state index contributed by atoms with van der Waals surface area (Å²) in [5, 5.41) is -0.0238. The lowest BCUT2D eigenvalue weighted by Crippen LogP contribution is -2.45. The largest absolute Gasteiger partial charge is 0.416 e. The Morgan fingerprint density at radius 1 is 1.25 bits per heavy atom. The number of halogens is 4. The quantitative estimate of drug-likeness (QED) is 0.772. The van der Waals surface area contributed by atoms with Gasteiger partial charge >= 0.3 is 6.18 Å². The second kappa shape index (κ2) is 5.95. The Bertz CT molecular complexity index is 692. The number of fused-ring (bicyclic) bond motifs is 4. The van der Waals surface area contributed by atoms with E-state index in [0.717, 1.165) is 24.6 Å². The van der Waals surface area contributed by atoms with E-state index in [1.54, 1.807) is 11.9 Å². The van der Waals surface area contributed by atoms with Crippen LogP contribution >= 0.6 is 11.6 Å². The van der Waals surface area contributed by atoms with Crippen LogP contribution in [-0.2, 0) is 11.0 Å². The van der Waals surface area contributed by atoms with Crippen LogP contribution in [0.2, 0.25) is 5.02 Å². The molecule has 24 heavy (non-hydrogen) atoms. The second-order valence-electron chi connectivity index (χ2n) is 6.28. The predicted octanol–water partition coefficient (Wildman–Crippen LogP) is 3.05. The van der Waals surface area contributed by atoms with Crippen LogP contribution in [0, 0.1) is 5.92 Å². The molecule has 0 unspecified atom stereocenters. The average molecular weight is 361 g/mol. The lowest BCUT2D eigenvalue weighted by atomic mass is 9.95. The highest BCUT2D eigenvalue weighted by molar-refractivity contribution is 6.33. The molecule has 0 aliphatic carbocycles. The van der Waals surface area contributed by atoms with Crippen molar-refractivity contribution < 1.29 is 22.8 Å². The highest BCUT2D eigenvalue weighted by Crippen LogP contribution is 2.33. The Labute approximate surface area is 142 Å². The number of nitrogens with zero attached hydrogens (tertiary/aromatic N) is 2. The van der Waals surface area contributed by atoms with Gasteiger partial charge in [0.05, 0.1) is 22.1 Å². The van der Waals surface area contributed by atoms with Gasteiger partial charge in [0.1, 0.15) is 0 Å². The van der Waals surface area contributed by atoms with Gasteiger partial charge in [0.2, 0.25) is 5.91 Å². The molecule has 2 bridgehead atoms. The first-order valence-electron chi connectivity index (χ1n) is 7.61. The molecule has 1 aromatic rings. The van der Waals surface area contributed by atoms with Gasteiger partial charge in [-0.1, -0.05) is 11.6 Å². The minimum absolute atomic E-state index is 0.0170. The van der Waals surface area contributed by atoms with E-state index < -0.39 is 17.6 Å². The summed E-state index contributed by atoms with van der Waals surface area (Å²) in [5.41, 5.74) is -1.09. The fourth-order valence-electron chi connectivity index (χ4n) is 3.36. The summed E-state index contributed by atoms with van der Waals surface area (Å²) in [4.78, 5) is 28.0. The van der Waals surface area contributed by atoms with E-state index in [1.165, 1.54) is 4.90 Å². The Kier molecular flexibility index (Phi) is 4.23. The number of amides is 2. The van der Waals surface area contributed by atoms with E-state index in [2.05, 4.69) is 0 Å². The minimum Gasteiger partial charge on any atom is -0.341 e. The molecular weight excluding hydrogens is 345 g/mol. The molecule has 3 fully saturated rings. The molecule has 0 radical (unpaired) electrons. The molecule has 8 heteroatoms. The number of carbonyl (C=O) groups excluding carboxylic acids is 2. The maximum Gasteiger partial charge on any atom is 0.416 e. The topological polar surface area (TPSA) is 40.6 Å². The highest BCUT2D eigenvalue weighted by Gasteiger charge is 2.41. The smallest absolute Gasteiger partial charge is 0.341 e. The zero-order valence-electron chi connectivity index (χ0n) is 12.9. The van der Waals surface area contributed by atoms with E-state index in [4.69, 9.17) is 11.6 Å². The Hall–Kier alpha value is -1.76. The molecule has 0 spiro atoms. The van der Waals surface area contributed by atoms with Crippen LogP contribution < -0.4 is 0 Å².